The minimum absolute atomic E-state index is 0.0881. The van der Waals surface area contributed by atoms with Gasteiger partial charge < -0.3 is 14.7 Å². The normalized spacial score (nSPS) is 20.1. The number of anilines is 1. The number of hydrogen-bond donors (Lipinski definition) is 1. The molecule has 1 aliphatic heterocycles. The summed E-state index contributed by atoms with van der Waals surface area (Å²) in [6, 6.07) is 6.53. The molecule has 1 N–H and O–H groups in total. The van der Waals surface area contributed by atoms with Gasteiger partial charge in [0.15, 0.2) is 5.76 Å². The van der Waals surface area contributed by atoms with Crippen molar-refractivity contribution >= 4 is 11.7 Å². The van der Waals surface area contributed by atoms with Gasteiger partial charge in [-0.2, -0.15) is 0 Å². The maximum Gasteiger partial charge on any atom is 0.322 e. The van der Waals surface area contributed by atoms with E-state index in [2.05, 4.69) is 10.5 Å². The van der Waals surface area contributed by atoms with Gasteiger partial charge in [0.25, 0.3) is 0 Å². The first-order chi connectivity index (χ1) is 12.1. The predicted molar refractivity (Wildman–Crippen MR) is 92.0 cm³/mol. The molecular formula is C19H22FN3O2. The molecule has 1 saturated carbocycles. The number of urea groups is 1. The van der Waals surface area contributed by atoms with E-state index < -0.39 is 0 Å². The standard InChI is InChI=1S/C19H22FN3O2/c1-12-17(18(25-22-12)15-4-5-15)21-19(24)23-9-8-14(11-23)10-13-2-6-16(20)7-3-13/h2-3,6-7,14-15H,4-5,8-11H2,1H3,(H,21,24). The highest BCUT2D eigenvalue weighted by molar-refractivity contribution is 5.90. The van der Waals surface area contributed by atoms with E-state index in [1.54, 1.807) is 0 Å². The average molecular weight is 343 g/mol. The second-order valence-corrected chi connectivity index (χ2v) is 7.14. The summed E-state index contributed by atoms with van der Waals surface area (Å²) in [6.45, 7) is 3.30. The molecule has 1 unspecified atom stereocenters. The molecule has 25 heavy (non-hydrogen) atoms. The number of aromatic nitrogens is 1. The van der Waals surface area contributed by atoms with Gasteiger partial charge >= 0.3 is 6.03 Å². The molecule has 1 aromatic carbocycles. The lowest BCUT2D eigenvalue weighted by molar-refractivity contribution is 0.220. The van der Waals surface area contributed by atoms with Gasteiger partial charge in [0, 0.05) is 19.0 Å². The molecule has 1 saturated heterocycles. The fourth-order valence-electron chi connectivity index (χ4n) is 3.49. The van der Waals surface area contributed by atoms with E-state index in [4.69, 9.17) is 4.52 Å². The maximum absolute atomic E-state index is 13.0. The van der Waals surface area contributed by atoms with E-state index >= 15 is 0 Å². The first-order valence-corrected chi connectivity index (χ1v) is 8.86. The molecular weight excluding hydrogens is 321 g/mol. The molecule has 0 bridgehead atoms. The zero-order chi connectivity index (χ0) is 17.4. The Labute approximate surface area is 146 Å². The zero-order valence-electron chi connectivity index (χ0n) is 14.3. The number of hydrogen-bond acceptors (Lipinski definition) is 3. The van der Waals surface area contributed by atoms with Gasteiger partial charge in [-0.15, -0.1) is 0 Å². The molecule has 5 nitrogen and oxygen atoms in total. The number of benzene rings is 1. The van der Waals surface area contributed by atoms with Crippen molar-refractivity contribution in [1.82, 2.24) is 10.1 Å². The molecule has 1 atom stereocenters. The summed E-state index contributed by atoms with van der Waals surface area (Å²) < 4.78 is 18.4. The van der Waals surface area contributed by atoms with Gasteiger partial charge in [-0.25, -0.2) is 9.18 Å². The summed E-state index contributed by atoms with van der Waals surface area (Å²) in [5.41, 5.74) is 2.59. The summed E-state index contributed by atoms with van der Waals surface area (Å²) in [5.74, 6) is 1.41. The van der Waals surface area contributed by atoms with Crippen LogP contribution in [-0.4, -0.2) is 29.2 Å². The first-order valence-electron chi connectivity index (χ1n) is 8.86. The average Bonchev–Trinajstić information content (AvgIpc) is 3.23. The third-order valence-electron chi connectivity index (χ3n) is 5.08. The number of halogens is 1. The van der Waals surface area contributed by atoms with Crippen LogP contribution in [0, 0.1) is 18.7 Å². The van der Waals surface area contributed by atoms with Crippen molar-refractivity contribution in [3.8, 4) is 0 Å². The van der Waals surface area contributed by atoms with Gasteiger partial charge in [-0.05, 0) is 56.2 Å². The fraction of sp³-hybridized carbons (Fsp3) is 0.474. The molecule has 4 rings (SSSR count). The fourth-order valence-corrected chi connectivity index (χ4v) is 3.49. The van der Waals surface area contributed by atoms with Crippen LogP contribution in [0.3, 0.4) is 0 Å². The number of aryl methyl sites for hydroxylation is 1. The molecule has 1 aliphatic carbocycles. The van der Waals surface area contributed by atoms with Crippen molar-refractivity contribution in [2.75, 3.05) is 18.4 Å². The van der Waals surface area contributed by atoms with Crippen LogP contribution >= 0.6 is 0 Å². The Morgan fingerprint density at radius 1 is 1.32 bits per heavy atom. The summed E-state index contributed by atoms with van der Waals surface area (Å²) in [7, 11) is 0. The smallest absolute Gasteiger partial charge is 0.322 e. The molecule has 2 aliphatic rings. The Morgan fingerprint density at radius 3 is 2.80 bits per heavy atom. The first kappa shape index (κ1) is 16.1. The summed E-state index contributed by atoms with van der Waals surface area (Å²) in [6.07, 6.45) is 4.02. The lowest BCUT2D eigenvalue weighted by atomic mass is 9.99. The third kappa shape index (κ3) is 3.52. The van der Waals surface area contributed by atoms with Crippen LogP contribution in [0.25, 0.3) is 0 Å². The van der Waals surface area contributed by atoms with Crippen molar-refractivity contribution in [2.24, 2.45) is 5.92 Å². The third-order valence-corrected chi connectivity index (χ3v) is 5.08. The maximum atomic E-state index is 13.0. The Balaban J connectivity index is 1.36. The largest absolute Gasteiger partial charge is 0.359 e. The van der Waals surface area contributed by atoms with Gasteiger partial charge in [-0.3, -0.25) is 0 Å². The lowest BCUT2D eigenvalue weighted by Gasteiger charge is -2.17. The van der Waals surface area contributed by atoms with Crippen molar-refractivity contribution < 1.29 is 13.7 Å². The Kier molecular flexibility index (Phi) is 4.19. The van der Waals surface area contributed by atoms with Crippen molar-refractivity contribution in [3.63, 3.8) is 0 Å². The van der Waals surface area contributed by atoms with Crippen LogP contribution < -0.4 is 5.32 Å². The molecule has 132 valence electrons. The summed E-state index contributed by atoms with van der Waals surface area (Å²) in [4.78, 5) is 14.4. The molecule has 1 aromatic heterocycles. The Morgan fingerprint density at radius 2 is 2.08 bits per heavy atom. The number of rotatable bonds is 4. The van der Waals surface area contributed by atoms with E-state index in [9.17, 15) is 9.18 Å². The zero-order valence-corrected chi connectivity index (χ0v) is 14.3. The van der Waals surface area contributed by atoms with Crippen LogP contribution in [0.5, 0.6) is 0 Å². The van der Waals surface area contributed by atoms with Crippen LogP contribution in [-0.2, 0) is 6.42 Å². The van der Waals surface area contributed by atoms with E-state index in [1.807, 2.05) is 24.0 Å². The monoisotopic (exact) mass is 343 g/mol. The van der Waals surface area contributed by atoms with Gasteiger partial charge in [0.1, 0.15) is 17.2 Å². The summed E-state index contributed by atoms with van der Waals surface area (Å²) in [5, 5.41) is 6.99. The van der Waals surface area contributed by atoms with Gasteiger partial charge in [0.05, 0.1) is 0 Å². The second kappa shape index (κ2) is 6.50. The quantitative estimate of drug-likeness (QED) is 0.909. The topological polar surface area (TPSA) is 58.4 Å². The lowest BCUT2D eigenvalue weighted by Crippen LogP contribution is -2.33. The highest BCUT2D eigenvalue weighted by Crippen LogP contribution is 2.44. The van der Waals surface area contributed by atoms with Crippen molar-refractivity contribution in [2.45, 2.75) is 38.5 Å². The molecule has 2 fully saturated rings. The number of nitrogens with zero attached hydrogens (tertiary/aromatic N) is 2. The minimum Gasteiger partial charge on any atom is -0.359 e. The number of likely N-dealkylation sites (tertiary alicyclic amines) is 1. The van der Waals surface area contributed by atoms with E-state index in [0.29, 0.717) is 18.4 Å². The summed E-state index contributed by atoms with van der Waals surface area (Å²) >= 11 is 0. The van der Waals surface area contributed by atoms with Crippen molar-refractivity contribution in [3.05, 3.63) is 47.1 Å². The van der Waals surface area contributed by atoms with Gasteiger partial charge in [-0.1, -0.05) is 17.3 Å². The second-order valence-electron chi connectivity index (χ2n) is 7.14. The SMILES string of the molecule is Cc1noc(C2CC2)c1NC(=O)N1CCC(Cc2ccc(F)cc2)C1. The molecule has 2 amide bonds. The van der Waals surface area contributed by atoms with Crippen LogP contribution in [0.1, 0.15) is 42.2 Å². The highest BCUT2D eigenvalue weighted by Gasteiger charge is 2.33. The predicted octanol–water partition coefficient (Wildman–Crippen LogP) is 4.10. The van der Waals surface area contributed by atoms with Crippen LogP contribution in [0.15, 0.2) is 28.8 Å². The van der Waals surface area contributed by atoms with E-state index in [-0.39, 0.29) is 11.8 Å². The molecule has 6 heteroatoms. The van der Waals surface area contributed by atoms with E-state index in [0.717, 1.165) is 54.9 Å². The number of carbonyl (C=O) groups excluding carboxylic acids is 1. The van der Waals surface area contributed by atoms with Crippen LogP contribution in [0.4, 0.5) is 14.9 Å². The van der Waals surface area contributed by atoms with E-state index in [1.165, 1.54) is 12.1 Å². The van der Waals surface area contributed by atoms with Crippen molar-refractivity contribution in [1.29, 1.82) is 0 Å². The molecule has 0 radical (unpaired) electrons. The molecule has 2 aromatic rings. The number of amides is 2. The number of carbonyl (C=O) groups is 1. The molecule has 2 heterocycles. The molecule has 0 spiro atoms. The van der Waals surface area contributed by atoms with Crippen LogP contribution in [0.2, 0.25) is 0 Å². The van der Waals surface area contributed by atoms with Gasteiger partial charge in [0.2, 0.25) is 0 Å². The minimum atomic E-state index is -0.216. The Hall–Kier alpha value is -2.37. The Bertz CT molecular complexity index is 767. The highest BCUT2D eigenvalue weighted by atomic mass is 19.1. The number of nitrogens with one attached hydrogen (secondary N) is 1.